The number of benzene rings is 1. The van der Waals surface area contributed by atoms with Crippen LogP contribution in [0.2, 0.25) is 0 Å². The number of anilines is 1. The van der Waals surface area contributed by atoms with Crippen molar-refractivity contribution in [3.63, 3.8) is 0 Å². The smallest absolute Gasteiger partial charge is 0.419 e. The maximum absolute atomic E-state index is 13.3. The molecular formula is C22H24F3N3O4. The number of carbonyl (C=O) groups excluding carboxylic acids is 2. The Hall–Kier alpha value is -3.66. The Labute approximate surface area is 184 Å². The summed E-state index contributed by atoms with van der Waals surface area (Å²) >= 11 is 0. The molecule has 3 N–H and O–H groups in total. The average Bonchev–Trinajstić information content (AvgIpc) is 2.74. The maximum Gasteiger partial charge on any atom is 0.419 e. The minimum absolute atomic E-state index is 0.0234. The number of halogens is 3. The number of amides is 2. The van der Waals surface area contributed by atoms with Crippen molar-refractivity contribution in [1.82, 2.24) is 5.32 Å². The number of nitrogens with one attached hydrogen (secondary N) is 2. The lowest BCUT2D eigenvalue weighted by molar-refractivity contribution is -0.139. The molecule has 0 aromatic heterocycles. The van der Waals surface area contributed by atoms with E-state index < -0.39 is 34.7 Å². The number of terminal acetylenes is 1. The molecule has 172 valence electrons. The molecule has 0 radical (unpaired) electrons. The van der Waals surface area contributed by atoms with Crippen molar-refractivity contribution in [3.05, 3.63) is 35.1 Å². The van der Waals surface area contributed by atoms with Crippen LogP contribution >= 0.6 is 0 Å². The van der Waals surface area contributed by atoms with Crippen LogP contribution in [0.15, 0.2) is 29.5 Å². The van der Waals surface area contributed by atoms with Gasteiger partial charge in [0.2, 0.25) is 5.91 Å². The molecule has 0 heterocycles. The molecule has 0 bridgehead atoms. The maximum atomic E-state index is 13.3. The van der Waals surface area contributed by atoms with Crippen LogP contribution in [0.1, 0.15) is 44.1 Å². The van der Waals surface area contributed by atoms with E-state index in [1.165, 1.54) is 7.05 Å². The molecule has 1 aromatic carbocycles. The van der Waals surface area contributed by atoms with E-state index in [4.69, 9.17) is 16.4 Å². The van der Waals surface area contributed by atoms with Crippen LogP contribution in [0.3, 0.4) is 0 Å². The third kappa shape index (κ3) is 8.60. The summed E-state index contributed by atoms with van der Waals surface area (Å²) in [5.74, 6) is 0.155. The van der Waals surface area contributed by atoms with Crippen molar-refractivity contribution < 1.29 is 32.6 Å². The number of nitrogens with zero attached hydrogens (tertiary/aromatic N) is 1. The summed E-state index contributed by atoms with van der Waals surface area (Å²) in [5.41, 5.74) is -1.65. The molecule has 0 aliphatic carbocycles. The van der Waals surface area contributed by atoms with E-state index in [-0.39, 0.29) is 31.0 Å². The second-order valence-electron chi connectivity index (χ2n) is 6.63. The zero-order chi connectivity index (χ0) is 24.1. The highest BCUT2D eigenvalue weighted by Gasteiger charge is 2.34. The molecule has 0 saturated heterocycles. The molecule has 1 aromatic rings. The largest absolute Gasteiger partial charge is 0.511 e. The van der Waals surface area contributed by atoms with Crippen molar-refractivity contribution in [2.24, 2.45) is 0 Å². The third-order valence-corrected chi connectivity index (χ3v) is 4.26. The van der Waals surface area contributed by atoms with Crippen LogP contribution in [0.5, 0.6) is 5.75 Å². The molecule has 0 unspecified atom stereocenters. The Morgan fingerprint density at radius 1 is 1.22 bits per heavy atom. The Kier molecular flexibility index (Phi) is 10.6. The molecule has 2 amide bonds. The molecule has 0 aliphatic rings. The van der Waals surface area contributed by atoms with Crippen LogP contribution in [-0.2, 0) is 15.8 Å². The number of alkyl halides is 3. The highest BCUT2D eigenvalue weighted by molar-refractivity contribution is 6.07. The van der Waals surface area contributed by atoms with Crippen LogP contribution < -0.4 is 15.4 Å². The van der Waals surface area contributed by atoms with Crippen LogP contribution in [-0.4, -0.2) is 30.6 Å². The first-order valence-electron chi connectivity index (χ1n) is 9.75. The third-order valence-electron chi connectivity index (χ3n) is 4.26. The van der Waals surface area contributed by atoms with Gasteiger partial charge in [0.25, 0.3) is 5.91 Å². The van der Waals surface area contributed by atoms with Crippen molar-refractivity contribution in [1.29, 1.82) is 5.26 Å². The van der Waals surface area contributed by atoms with Gasteiger partial charge in [0.1, 0.15) is 17.6 Å². The quantitative estimate of drug-likeness (QED) is 0.154. The van der Waals surface area contributed by atoms with Gasteiger partial charge in [-0.1, -0.05) is 0 Å². The molecule has 0 spiro atoms. The number of carbonyl (C=O) groups is 2. The van der Waals surface area contributed by atoms with Gasteiger partial charge in [0.15, 0.2) is 5.57 Å². The SMILES string of the molecule is C#CCC/C(O)=C(\C#N)C(=O)Nc1ccc(C(F)(F)F)c(OCCCCCC(=O)NC)c1. The first-order valence-corrected chi connectivity index (χ1v) is 9.75. The minimum Gasteiger partial charge on any atom is -0.511 e. The van der Waals surface area contributed by atoms with E-state index in [2.05, 4.69) is 16.6 Å². The number of aliphatic hydroxyl groups is 1. The van der Waals surface area contributed by atoms with E-state index in [0.717, 1.165) is 18.2 Å². The van der Waals surface area contributed by atoms with Gasteiger partial charge in [-0.2, -0.15) is 18.4 Å². The standard InChI is InChI=1S/C22H24F3N3O4/c1-3-4-8-18(29)16(14-26)21(31)28-15-10-11-17(22(23,24)25)19(13-15)32-12-7-5-6-9-20(30)27-2/h1,10-11,13,29H,4-9,12H2,2H3,(H,27,30)(H,28,31)/b18-16-. The van der Waals surface area contributed by atoms with Gasteiger partial charge in [0.05, 0.1) is 12.2 Å². The summed E-state index contributed by atoms with van der Waals surface area (Å²) in [7, 11) is 1.52. The lowest BCUT2D eigenvalue weighted by atomic mass is 10.1. The number of nitriles is 1. The first kappa shape index (κ1) is 26.4. The lowest BCUT2D eigenvalue weighted by Crippen LogP contribution is -2.17. The molecule has 0 atom stereocenters. The van der Waals surface area contributed by atoms with Gasteiger partial charge in [0, 0.05) is 38.1 Å². The molecule has 7 nitrogen and oxygen atoms in total. The Morgan fingerprint density at radius 2 is 1.94 bits per heavy atom. The minimum atomic E-state index is -4.68. The highest BCUT2D eigenvalue weighted by atomic mass is 19.4. The molecule has 0 aliphatic heterocycles. The van der Waals surface area contributed by atoms with Crippen molar-refractivity contribution >= 4 is 17.5 Å². The van der Waals surface area contributed by atoms with Gasteiger partial charge in [-0.15, -0.1) is 12.3 Å². The first-order chi connectivity index (χ1) is 15.1. The van der Waals surface area contributed by atoms with Gasteiger partial charge >= 0.3 is 6.18 Å². The molecule has 1 rings (SSSR count). The zero-order valence-corrected chi connectivity index (χ0v) is 17.5. The average molecular weight is 451 g/mol. The van der Waals surface area contributed by atoms with Crippen molar-refractivity contribution in [2.45, 2.75) is 44.7 Å². The molecule has 10 heteroatoms. The Balaban J connectivity index is 2.90. The van der Waals surface area contributed by atoms with Crippen molar-refractivity contribution in [3.8, 4) is 24.2 Å². The van der Waals surface area contributed by atoms with E-state index >= 15 is 0 Å². The topological polar surface area (TPSA) is 111 Å². The summed E-state index contributed by atoms with van der Waals surface area (Å²) in [5, 5.41) is 23.7. The summed E-state index contributed by atoms with van der Waals surface area (Å²) < 4.78 is 45.2. The van der Waals surface area contributed by atoms with E-state index in [0.29, 0.717) is 25.7 Å². The normalized spacial score (nSPS) is 11.6. The van der Waals surface area contributed by atoms with Crippen LogP contribution in [0, 0.1) is 23.7 Å². The van der Waals surface area contributed by atoms with E-state index in [1.807, 2.05) is 0 Å². The number of hydrogen-bond donors (Lipinski definition) is 3. The molecule has 0 fully saturated rings. The highest BCUT2D eigenvalue weighted by Crippen LogP contribution is 2.38. The molecular weight excluding hydrogens is 427 g/mol. The van der Waals surface area contributed by atoms with Gasteiger partial charge in [-0.3, -0.25) is 9.59 Å². The number of ether oxygens (including phenoxy) is 1. The van der Waals surface area contributed by atoms with Crippen LogP contribution in [0.25, 0.3) is 0 Å². The molecule has 32 heavy (non-hydrogen) atoms. The lowest BCUT2D eigenvalue weighted by Gasteiger charge is -2.16. The number of rotatable bonds is 11. The van der Waals surface area contributed by atoms with Crippen molar-refractivity contribution in [2.75, 3.05) is 19.0 Å². The number of aliphatic hydroxyl groups excluding tert-OH is 1. The fourth-order valence-corrected chi connectivity index (χ4v) is 2.58. The Bertz CT molecular complexity index is 928. The van der Waals surface area contributed by atoms with E-state index in [9.17, 15) is 27.9 Å². The fourth-order valence-electron chi connectivity index (χ4n) is 2.58. The zero-order valence-electron chi connectivity index (χ0n) is 17.5. The summed E-state index contributed by atoms with van der Waals surface area (Å²) in [4.78, 5) is 23.4. The number of allylic oxidation sites excluding steroid dienone is 1. The number of hydrogen-bond acceptors (Lipinski definition) is 5. The predicted molar refractivity (Wildman–Crippen MR) is 111 cm³/mol. The van der Waals surface area contributed by atoms with Crippen LogP contribution in [0.4, 0.5) is 18.9 Å². The summed E-state index contributed by atoms with van der Waals surface area (Å²) in [6, 6.07) is 4.33. The monoisotopic (exact) mass is 451 g/mol. The second kappa shape index (κ2) is 12.9. The van der Waals surface area contributed by atoms with Gasteiger partial charge in [-0.25, -0.2) is 0 Å². The van der Waals surface area contributed by atoms with Gasteiger partial charge in [-0.05, 0) is 31.4 Å². The summed E-state index contributed by atoms with van der Waals surface area (Å²) in [6.45, 7) is -0.0234. The fraction of sp³-hybridized carbons (Fsp3) is 0.409. The second-order valence-corrected chi connectivity index (χ2v) is 6.63. The molecule has 0 saturated carbocycles. The Morgan fingerprint density at radius 3 is 2.53 bits per heavy atom. The predicted octanol–water partition coefficient (Wildman–Crippen LogP) is 4.08. The van der Waals surface area contributed by atoms with E-state index in [1.54, 1.807) is 6.07 Å². The summed E-state index contributed by atoms with van der Waals surface area (Å²) in [6.07, 6.45) is 2.30. The number of unbranched alkanes of at least 4 members (excludes halogenated alkanes) is 2. The van der Waals surface area contributed by atoms with Gasteiger partial charge < -0.3 is 20.5 Å².